The average molecular weight is 625 g/mol. The van der Waals surface area contributed by atoms with Gasteiger partial charge in [-0.3, -0.25) is 19.3 Å². The van der Waals surface area contributed by atoms with E-state index < -0.39 is 29.6 Å². The molecule has 40 heavy (non-hydrogen) atoms. The SMILES string of the molecule is CCOc1cc(C=C2SC(=O)N(CC(=O)Nc3ccc(C)cc3)C2=O)cc(Br)c1OCc1cccc(C(=O)O)c1. The molecule has 4 rings (SSSR count). The molecule has 1 heterocycles. The van der Waals surface area contributed by atoms with Crippen LogP contribution in [0.5, 0.6) is 11.5 Å². The molecule has 0 bridgehead atoms. The summed E-state index contributed by atoms with van der Waals surface area (Å²) in [6, 6.07) is 17.0. The number of nitrogens with zero attached hydrogens (tertiary/aromatic N) is 1. The summed E-state index contributed by atoms with van der Waals surface area (Å²) in [6.07, 6.45) is 1.55. The number of carboxylic acids is 1. The summed E-state index contributed by atoms with van der Waals surface area (Å²) in [5.74, 6) is -1.28. The van der Waals surface area contributed by atoms with Crippen LogP contribution in [0.2, 0.25) is 0 Å². The first-order valence-electron chi connectivity index (χ1n) is 12.2. The lowest BCUT2D eigenvalue weighted by Crippen LogP contribution is -2.36. The van der Waals surface area contributed by atoms with Gasteiger partial charge in [0.15, 0.2) is 11.5 Å². The van der Waals surface area contributed by atoms with Crippen molar-refractivity contribution in [3.8, 4) is 11.5 Å². The van der Waals surface area contributed by atoms with Crippen LogP contribution in [0.1, 0.15) is 34.0 Å². The summed E-state index contributed by atoms with van der Waals surface area (Å²) in [5, 5.41) is 11.4. The Balaban J connectivity index is 1.49. The number of ether oxygens (including phenoxy) is 2. The van der Waals surface area contributed by atoms with Gasteiger partial charge in [0.2, 0.25) is 5.91 Å². The fourth-order valence-electron chi connectivity index (χ4n) is 3.79. The van der Waals surface area contributed by atoms with Crippen LogP contribution >= 0.6 is 27.7 Å². The predicted octanol–water partition coefficient (Wildman–Crippen LogP) is 6.11. The number of amides is 3. The van der Waals surface area contributed by atoms with E-state index in [0.717, 1.165) is 22.2 Å². The molecule has 2 N–H and O–H groups in total. The molecular formula is C29H25BrN2O7S. The number of carbonyl (C=O) groups is 4. The number of aryl methyl sites for hydroxylation is 1. The van der Waals surface area contributed by atoms with Gasteiger partial charge in [-0.25, -0.2) is 4.79 Å². The van der Waals surface area contributed by atoms with Crippen LogP contribution in [0.4, 0.5) is 10.5 Å². The Kier molecular flexibility index (Phi) is 9.28. The Morgan fingerprint density at radius 1 is 1.07 bits per heavy atom. The summed E-state index contributed by atoms with van der Waals surface area (Å²) in [7, 11) is 0. The second kappa shape index (κ2) is 12.8. The first-order valence-corrected chi connectivity index (χ1v) is 13.8. The minimum Gasteiger partial charge on any atom is -0.490 e. The maximum Gasteiger partial charge on any atom is 0.335 e. The quantitative estimate of drug-likeness (QED) is 0.259. The Hall–Kier alpha value is -4.09. The number of halogens is 1. The molecule has 0 unspecified atom stereocenters. The van der Waals surface area contributed by atoms with Crippen LogP contribution in [0.3, 0.4) is 0 Å². The number of anilines is 1. The molecule has 0 aromatic heterocycles. The predicted molar refractivity (Wildman–Crippen MR) is 156 cm³/mol. The zero-order chi connectivity index (χ0) is 28.8. The number of aromatic carboxylic acids is 1. The van der Waals surface area contributed by atoms with Crippen LogP contribution in [0.15, 0.2) is 70.0 Å². The number of hydrogen-bond acceptors (Lipinski definition) is 7. The van der Waals surface area contributed by atoms with Crippen LogP contribution in [-0.2, 0) is 16.2 Å². The molecule has 1 aliphatic heterocycles. The Morgan fingerprint density at radius 2 is 1.82 bits per heavy atom. The molecule has 3 amide bonds. The third-order valence-corrected chi connectivity index (χ3v) is 7.19. The summed E-state index contributed by atoms with van der Waals surface area (Å²) in [5.41, 5.74) is 3.01. The highest BCUT2D eigenvalue weighted by Gasteiger charge is 2.36. The first kappa shape index (κ1) is 28.9. The number of hydrogen-bond donors (Lipinski definition) is 2. The Morgan fingerprint density at radius 3 is 2.52 bits per heavy atom. The third kappa shape index (κ3) is 7.10. The van der Waals surface area contributed by atoms with Gasteiger partial charge in [-0.05, 0) is 95.1 Å². The summed E-state index contributed by atoms with van der Waals surface area (Å²) in [4.78, 5) is 50.3. The van der Waals surface area contributed by atoms with E-state index in [0.29, 0.717) is 39.4 Å². The molecule has 3 aromatic carbocycles. The van der Waals surface area contributed by atoms with E-state index in [1.807, 2.05) is 26.0 Å². The standard InChI is InChI=1S/C29H25BrN2O7S/c1-3-38-23-13-19(12-22(30)26(23)39-16-18-5-4-6-20(11-18)28(35)36)14-24-27(34)32(29(37)40-24)15-25(33)31-21-9-7-17(2)8-10-21/h4-14H,3,15-16H2,1-2H3,(H,31,33)(H,35,36). The van der Waals surface area contributed by atoms with Gasteiger partial charge in [0.1, 0.15) is 13.2 Å². The van der Waals surface area contributed by atoms with Gasteiger partial charge in [0.05, 0.1) is 21.5 Å². The lowest BCUT2D eigenvalue weighted by atomic mass is 10.1. The van der Waals surface area contributed by atoms with E-state index in [-0.39, 0.29) is 17.1 Å². The molecule has 9 nitrogen and oxygen atoms in total. The fraction of sp³-hybridized carbons (Fsp3) is 0.172. The molecule has 3 aromatic rings. The van der Waals surface area contributed by atoms with Crippen LogP contribution in [-0.4, -0.2) is 46.2 Å². The normalized spacial score (nSPS) is 14.0. The van der Waals surface area contributed by atoms with E-state index in [2.05, 4.69) is 21.2 Å². The molecular weight excluding hydrogens is 600 g/mol. The molecule has 0 aliphatic carbocycles. The van der Waals surface area contributed by atoms with Crippen molar-refractivity contribution in [3.63, 3.8) is 0 Å². The zero-order valence-electron chi connectivity index (χ0n) is 21.6. The second-order valence-corrected chi connectivity index (χ2v) is 10.6. The molecule has 0 radical (unpaired) electrons. The van der Waals surface area contributed by atoms with E-state index in [1.54, 1.807) is 42.5 Å². The molecule has 0 atom stereocenters. The van der Waals surface area contributed by atoms with Crippen LogP contribution in [0, 0.1) is 6.92 Å². The summed E-state index contributed by atoms with van der Waals surface area (Å²) >= 11 is 4.24. The second-order valence-electron chi connectivity index (χ2n) is 8.74. The van der Waals surface area contributed by atoms with E-state index in [4.69, 9.17) is 9.47 Å². The van der Waals surface area contributed by atoms with Crippen LogP contribution in [0.25, 0.3) is 6.08 Å². The van der Waals surface area contributed by atoms with Gasteiger partial charge in [-0.1, -0.05) is 29.8 Å². The van der Waals surface area contributed by atoms with Crippen molar-refractivity contribution in [1.29, 1.82) is 0 Å². The highest BCUT2D eigenvalue weighted by atomic mass is 79.9. The molecule has 206 valence electrons. The number of rotatable bonds is 10. The number of carbonyl (C=O) groups excluding carboxylic acids is 3. The molecule has 1 fully saturated rings. The van der Waals surface area contributed by atoms with E-state index in [1.165, 1.54) is 12.1 Å². The van der Waals surface area contributed by atoms with Crippen LogP contribution < -0.4 is 14.8 Å². The van der Waals surface area contributed by atoms with Crippen molar-refractivity contribution in [2.45, 2.75) is 20.5 Å². The van der Waals surface area contributed by atoms with Crippen molar-refractivity contribution >= 4 is 62.5 Å². The number of thioether (sulfide) groups is 1. The largest absolute Gasteiger partial charge is 0.490 e. The third-order valence-electron chi connectivity index (χ3n) is 5.70. The Labute approximate surface area is 243 Å². The minimum absolute atomic E-state index is 0.0999. The fourth-order valence-corrected chi connectivity index (χ4v) is 5.21. The lowest BCUT2D eigenvalue weighted by Gasteiger charge is -2.15. The summed E-state index contributed by atoms with van der Waals surface area (Å²) < 4.78 is 12.3. The van der Waals surface area contributed by atoms with Gasteiger partial charge in [-0.15, -0.1) is 0 Å². The number of nitrogens with one attached hydrogen (secondary N) is 1. The monoisotopic (exact) mass is 624 g/mol. The van der Waals surface area contributed by atoms with Gasteiger partial charge in [0.25, 0.3) is 11.1 Å². The van der Waals surface area contributed by atoms with Gasteiger partial charge in [0, 0.05) is 5.69 Å². The number of benzene rings is 3. The topological polar surface area (TPSA) is 122 Å². The maximum absolute atomic E-state index is 13.0. The van der Waals surface area contributed by atoms with Crippen molar-refractivity contribution in [2.24, 2.45) is 0 Å². The number of imide groups is 1. The average Bonchev–Trinajstić information content (AvgIpc) is 3.17. The molecule has 1 saturated heterocycles. The highest BCUT2D eigenvalue weighted by Crippen LogP contribution is 2.39. The smallest absolute Gasteiger partial charge is 0.335 e. The summed E-state index contributed by atoms with van der Waals surface area (Å²) in [6.45, 7) is 3.78. The highest BCUT2D eigenvalue weighted by molar-refractivity contribution is 9.10. The molecule has 0 spiro atoms. The minimum atomic E-state index is -1.03. The lowest BCUT2D eigenvalue weighted by molar-refractivity contribution is -0.127. The molecule has 11 heteroatoms. The zero-order valence-corrected chi connectivity index (χ0v) is 24.0. The number of carboxylic acid groups (broad SMARTS) is 1. The van der Waals surface area contributed by atoms with E-state index >= 15 is 0 Å². The van der Waals surface area contributed by atoms with Crippen molar-refractivity contribution < 1.29 is 33.8 Å². The van der Waals surface area contributed by atoms with Crippen molar-refractivity contribution in [1.82, 2.24) is 4.90 Å². The van der Waals surface area contributed by atoms with Gasteiger partial charge >= 0.3 is 5.97 Å². The van der Waals surface area contributed by atoms with Crippen molar-refractivity contribution in [3.05, 3.63) is 92.3 Å². The van der Waals surface area contributed by atoms with Crippen molar-refractivity contribution in [2.75, 3.05) is 18.5 Å². The molecule has 0 saturated carbocycles. The van der Waals surface area contributed by atoms with E-state index in [9.17, 15) is 24.3 Å². The first-order chi connectivity index (χ1) is 19.1. The van der Waals surface area contributed by atoms with Gasteiger partial charge in [-0.2, -0.15) is 0 Å². The Bertz CT molecular complexity index is 1500. The van der Waals surface area contributed by atoms with Gasteiger partial charge < -0.3 is 19.9 Å². The molecule has 1 aliphatic rings. The maximum atomic E-state index is 13.0.